The van der Waals surface area contributed by atoms with Gasteiger partial charge >= 0.3 is 6.18 Å². The van der Waals surface area contributed by atoms with Crippen molar-refractivity contribution in [3.8, 4) is 5.88 Å². The Kier molecular flexibility index (Phi) is 5.48. The van der Waals surface area contributed by atoms with Crippen LogP contribution in [0.3, 0.4) is 0 Å². The highest BCUT2D eigenvalue weighted by molar-refractivity contribution is 5.12. The lowest BCUT2D eigenvalue weighted by Gasteiger charge is -2.51. The van der Waals surface area contributed by atoms with Crippen LogP contribution in [0.2, 0.25) is 0 Å². The zero-order valence-corrected chi connectivity index (χ0v) is 14.6. The zero-order chi connectivity index (χ0) is 17.9. The van der Waals surface area contributed by atoms with Crippen LogP contribution in [0, 0.1) is 0 Å². The molecule has 1 aromatic rings. The number of nitrogens with zero attached hydrogens (tertiary/aromatic N) is 4. The second-order valence-corrected chi connectivity index (χ2v) is 7.18. The Balaban J connectivity index is 1.57. The molecule has 2 aliphatic rings. The molecule has 0 atom stereocenters. The first-order chi connectivity index (χ1) is 11.9. The minimum atomic E-state index is -4.37. The van der Waals surface area contributed by atoms with Crippen LogP contribution in [0.4, 0.5) is 13.2 Å². The molecule has 0 bridgehead atoms. The molecular formula is C17H25F3N4O. The van der Waals surface area contributed by atoms with Crippen molar-refractivity contribution >= 4 is 0 Å². The number of alkyl halides is 3. The molecule has 140 valence electrons. The Labute approximate surface area is 146 Å². The summed E-state index contributed by atoms with van der Waals surface area (Å²) in [5, 5.41) is 7.79. The first-order valence-corrected chi connectivity index (χ1v) is 8.82. The highest BCUT2D eigenvalue weighted by atomic mass is 19.4. The second-order valence-electron chi connectivity index (χ2n) is 7.18. The number of likely N-dealkylation sites (N-methyl/N-ethyl adjacent to an activating group) is 1. The first kappa shape index (κ1) is 18.4. The van der Waals surface area contributed by atoms with Crippen molar-refractivity contribution in [3.63, 3.8) is 0 Å². The second kappa shape index (κ2) is 7.45. The summed E-state index contributed by atoms with van der Waals surface area (Å²) < 4.78 is 41.1. The van der Waals surface area contributed by atoms with E-state index in [1.807, 2.05) is 0 Å². The van der Waals surface area contributed by atoms with Gasteiger partial charge in [0.05, 0.1) is 5.69 Å². The number of rotatable bonds is 4. The summed E-state index contributed by atoms with van der Waals surface area (Å²) in [6.07, 6.45) is 1.98. The molecule has 1 saturated carbocycles. The van der Waals surface area contributed by atoms with Gasteiger partial charge in [0.2, 0.25) is 5.88 Å². The fraction of sp³-hybridized carbons (Fsp3) is 0.765. The summed E-state index contributed by atoms with van der Waals surface area (Å²) >= 11 is 0. The number of hydrogen-bond donors (Lipinski definition) is 0. The summed E-state index contributed by atoms with van der Waals surface area (Å²) in [6, 6.07) is 3.16. The van der Waals surface area contributed by atoms with E-state index in [1.165, 1.54) is 38.2 Å². The van der Waals surface area contributed by atoms with Gasteiger partial charge in [-0.25, -0.2) is 0 Å². The van der Waals surface area contributed by atoms with E-state index in [0.717, 1.165) is 25.3 Å². The maximum absolute atomic E-state index is 12.2. The van der Waals surface area contributed by atoms with Gasteiger partial charge in [-0.2, -0.15) is 18.3 Å². The summed E-state index contributed by atoms with van der Waals surface area (Å²) in [4.78, 5) is 4.88. The highest BCUT2D eigenvalue weighted by Gasteiger charge is 2.40. The monoisotopic (exact) mass is 358 g/mol. The molecule has 0 unspecified atom stereocenters. The van der Waals surface area contributed by atoms with Gasteiger partial charge in [0.1, 0.15) is 0 Å². The molecule has 2 fully saturated rings. The molecule has 1 aliphatic heterocycles. The van der Waals surface area contributed by atoms with E-state index in [2.05, 4.69) is 31.8 Å². The van der Waals surface area contributed by atoms with Crippen molar-refractivity contribution in [2.24, 2.45) is 0 Å². The third-order valence-electron chi connectivity index (χ3n) is 5.33. The van der Waals surface area contributed by atoms with Crippen molar-refractivity contribution < 1.29 is 17.9 Å². The van der Waals surface area contributed by atoms with E-state index in [4.69, 9.17) is 0 Å². The number of piperazine rings is 1. The summed E-state index contributed by atoms with van der Waals surface area (Å²) in [5.74, 6) is -0.0943. The molecule has 5 nitrogen and oxygen atoms in total. The molecule has 0 aromatic carbocycles. The summed E-state index contributed by atoms with van der Waals surface area (Å²) in [6.45, 7) is 2.33. The zero-order valence-electron chi connectivity index (χ0n) is 14.6. The van der Waals surface area contributed by atoms with Crippen molar-refractivity contribution in [3.05, 3.63) is 17.8 Å². The van der Waals surface area contributed by atoms with Crippen molar-refractivity contribution in [1.29, 1.82) is 0 Å². The molecule has 1 saturated heterocycles. The van der Waals surface area contributed by atoms with Gasteiger partial charge in [0, 0.05) is 37.8 Å². The van der Waals surface area contributed by atoms with Gasteiger partial charge in [0.25, 0.3) is 0 Å². The predicted molar refractivity (Wildman–Crippen MR) is 87.3 cm³/mol. The summed E-state index contributed by atoms with van der Waals surface area (Å²) in [7, 11) is 2.22. The fourth-order valence-electron chi connectivity index (χ4n) is 3.92. The van der Waals surface area contributed by atoms with Crippen LogP contribution in [-0.2, 0) is 6.54 Å². The van der Waals surface area contributed by atoms with Gasteiger partial charge in [-0.1, -0.05) is 19.3 Å². The fourth-order valence-corrected chi connectivity index (χ4v) is 3.92. The molecule has 0 radical (unpaired) electrons. The van der Waals surface area contributed by atoms with Crippen LogP contribution in [0.15, 0.2) is 12.1 Å². The van der Waals surface area contributed by atoms with E-state index in [-0.39, 0.29) is 11.4 Å². The Morgan fingerprint density at radius 2 is 1.88 bits per heavy atom. The van der Waals surface area contributed by atoms with Gasteiger partial charge < -0.3 is 4.74 Å². The first-order valence-electron chi connectivity index (χ1n) is 8.82. The number of aromatic nitrogens is 2. The predicted octanol–water partition coefficient (Wildman–Crippen LogP) is 2.87. The van der Waals surface area contributed by atoms with Crippen LogP contribution in [0.1, 0.15) is 37.8 Å². The molecule has 25 heavy (non-hydrogen) atoms. The van der Waals surface area contributed by atoms with Gasteiger partial charge in [0.15, 0.2) is 6.61 Å². The van der Waals surface area contributed by atoms with Crippen molar-refractivity contribution in [2.75, 3.05) is 33.3 Å². The SMILES string of the molecule is CN1CCN(Cc2ccc(OCC(F)(F)F)nn2)CC12CCCCC2. The Morgan fingerprint density at radius 3 is 2.52 bits per heavy atom. The van der Waals surface area contributed by atoms with Crippen LogP contribution in [0.5, 0.6) is 5.88 Å². The molecule has 1 spiro atoms. The van der Waals surface area contributed by atoms with Crippen LogP contribution in [-0.4, -0.2) is 65.0 Å². The quantitative estimate of drug-likeness (QED) is 0.828. The third kappa shape index (κ3) is 4.82. The lowest BCUT2D eigenvalue weighted by molar-refractivity contribution is -0.154. The number of ether oxygens (including phenoxy) is 1. The molecule has 0 N–H and O–H groups in total. The molecule has 0 amide bonds. The largest absolute Gasteiger partial charge is 0.467 e. The average Bonchev–Trinajstić information content (AvgIpc) is 2.58. The molecule has 2 heterocycles. The van der Waals surface area contributed by atoms with E-state index in [1.54, 1.807) is 6.07 Å². The number of hydrogen-bond acceptors (Lipinski definition) is 5. The maximum atomic E-state index is 12.2. The van der Waals surface area contributed by atoms with E-state index in [0.29, 0.717) is 6.54 Å². The van der Waals surface area contributed by atoms with Crippen molar-refractivity contribution in [1.82, 2.24) is 20.0 Å². The van der Waals surface area contributed by atoms with Crippen molar-refractivity contribution in [2.45, 2.75) is 50.4 Å². The van der Waals surface area contributed by atoms with E-state index < -0.39 is 12.8 Å². The number of halogens is 3. The normalized spacial score (nSPS) is 22.2. The van der Waals surface area contributed by atoms with Gasteiger partial charge in [-0.15, -0.1) is 5.10 Å². The minimum Gasteiger partial charge on any atom is -0.467 e. The molecular weight excluding hydrogens is 333 g/mol. The molecule has 8 heteroatoms. The Hall–Kier alpha value is -1.41. The Bertz CT molecular complexity index is 558. The highest BCUT2D eigenvalue weighted by Crippen LogP contribution is 2.35. The molecule has 1 aliphatic carbocycles. The molecule has 3 rings (SSSR count). The van der Waals surface area contributed by atoms with Gasteiger partial charge in [-0.05, 0) is 26.0 Å². The topological polar surface area (TPSA) is 41.5 Å². The Morgan fingerprint density at radius 1 is 1.12 bits per heavy atom. The third-order valence-corrected chi connectivity index (χ3v) is 5.33. The summed E-state index contributed by atoms with van der Waals surface area (Å²) in [5.41, 5.74) is 1.02. The lowest BCUT2D eigenvalue weighted by atomic mass is 9.79. The average molecular weight is 358 g/mol. The van der Waals surface area contributed by atoms with Crippen LogP contribution >= 0.6 is 0 Å². The van der Waals surface area contributed by atoms with Gasteiger partial charge in [-0.3, -0.25) is 9.80 Å². The minimum absolute atomic E-state index is 0.0943. The van der Waals surface area contributed by atoms with Crippen LogP contribution < -0.4 is 4.74 Å². The standard InChI is InChI=1S/C17H25F3N4O/c1-23-9-10-24(12-16(23)7-3-2-4-8-16)11-14-5-6-15(22-21-14)25-13-17(18,19)20/h5-6H,2-4,7-13H2,1H3. The lowest BCUT2D eigenvalue weighted by Crippen LogP contribution is -2.61. The molecule has 1 aromatic heterocycles. The van der Waals surface area contributed by atoms with Crippen LogP contribution in [0.25, 0.3) is 0 Å². The maximum Gasteiger partial charge on any atom is 0.422 e. The van der Waals surface area contributed by atoms with E-state index >= 15 is 0 Å². The smallest absolute Gasteiger partial charge is 0.422 e. The van der Waals surface area contributed by atoms with E-state index in [9.17, 15) is 13.2 Å².